The summed E-state index contributed by atoms with van der Waals surface area (Å²) in [6.45, 7) is 3.12. The van der Waals surface area contributed by atoms with E-state index in [-0.39, 0.29) is 17.4 Å². The highest BCUT2D eigenvalue weighted by atomic mass is 16.5. The van der Waals surface area contributed by atoms with Gasteiger partial charge in [-0.1, -0.05) is 24.3 Å². The fourth-order valence-corrected chi connectivity index (χ4v) is 8.14. The number of hydrogen-bond donors (Lipinski definition) is 0. The van der Waals surface area contributed by atoms with Crippen LogP contribution < -0.4 is 4.90 Å². The van der Waals surface area contributed by atoms with E-state index in [0.29, 0.717) is 36.9 Å². The van der Waals surface area contributed by atoms with Crippen molar-refractivity contribution >= 4 is 11.6 Å². The van der Waals surface area contributed by atoms with Gasteiger partial charge in [-0.15, -0.1) is 0 Å². The molecule has 0 aromatic heterocycles. The minimum absolute atomic E-state index is 0.104. The monoisotopic (exact) mass is 349 g/mol. The van der Waals surface area contributed by atoms with E-state index < -0.39 is 0 Å². The number of piperidine rings is 2. The summed E-state index contributed by atoms with van der Waals surface area (Å²) in [6.07, 6.45) is 5.51. The Morgan fingerprint density at radius 2 is 2.19 bits per heavy atom. The summed E-state index contributed by atoms with van der Waals surface area (Å²) in [5, 5.41) is 0. The fraction of sp³-hybridized carbons (Fsp3) is 0.591. The Bertz CT molecular complexity index is 894. The van der Waals surface area contributed by atoms with E-state index >= 15 is 0 Å². The first-order valence-corrected chi connectivity index (χ1v) is 10.2. The minimum Gasteiger partial charge on any atom is -0.373 e. The van der Waals surface area contributed by atoms with Crippen molar-refractivity contribution in [1.29, 1.82) is 0 Å². The highest BCUT2D eigenvalue weighted by molar-refractivity contribution is 5.99. The predicted molar refractivity (Wildman–Crippen MR) is 97.8 cm³/mol. The molecule has 3 saturated heterocycles. The zero-order valence-corrected chi connectivity index (χ0v) is 15.2. The van der Waals surface area contributed by atoms with E-state index in [4.69, 9.17) is 4.74 Å². The molecule has 2 bridgehead atoms. The van der Waals surface area contributed by atoms with Crippen LogP contribution in [-0.4, -0.2) is 55.3 Å². The van der Waals surface area contributed by atoms with Gasteiger partial charge < -0.3 is 14.1 Å². The van der Waals surface area contributed by atoms with E-state index in [0.717, 1.165) is 4.48 Å². The lowest BCUT2D eigenvalue weighted by Gasteiger charge is -2.59. The number of hydrogen-bond acceptors (Lipinski definition) is 2. The molecule has 1 aromatic carbocycles. The molecule has 1 aromatic rings. The highest BCUT2D eigenvalue weighted by Gasteiger charge is 2.75. The van der Waals surface area contributed by atoms with Crippen molar-refractivity contribution < 1.29 is 14.0 Å². The largest absolute Gasteiger partial charge is 0.373 e. The van der Waals surface area contributed by atoms with Gasteiger partial charge in [0.1, 0.15) is 12.6 Å². The maximum atomic E-state index is 13.3. The molecule has 1 spiro atoms. The van der Waals surface area contributed by atoms with Gasteiger partial charge in [0.05, 0.1) is 44.2 Å². The molecule has 1 saturated carbocycles. The van der Waals surface area contributed by atoms with E-state index in [9.17, 15) is 4.79 Å². The van der Waals surface area contributed by atoms with Crippen LogP contribution in [0.4, 0.5) is 5.69 Å². The third kappa shape index (κ3) is 1.34. The average molecular weight is 349 g/mol. The number of rotatable bonds is 0. The number of quaternary nitrogens is 1. The Morgan fingerprint density at radius 1 is 1.31 bits per heavy atom. The Kier molecular flexibility index (Phi) is 2.36. The molecular formula is C22H25N2O2+. The summed E-state index contributed by atoms with van der Waals surface area (Å²) in [4.78, 5) is 15.5. The number of fused-ring (bicyclic) bond motifs is 2. The smallest absolute Gasteiger partial charge is 0.229 e. The fourth-order valence-electron chi connectivity index (χ4n) is 8.14. The van der Waals surface area contributed by atoms with Crippen LogP contribution in [0.5, 0.6) is 0 Å². The van der Waals surface area contributed by atoms with Gasteiger partial charge in [-0.3, -0.25) is 4.79 Å². The Balaban J connectivity index is 1.56. The minimum atomic E-state index is 0.104. The first-order valence-electron chi connectivity index (χ1n) is 10.2. The van der Waals surface area contributed by atoms with Gasteiger partial charge in [-0.05, 0) is 23.1 Å². The lowest BCUT2D eigenvalue weighted by molar-refractivity contribution is -0.925. The van der Waals surface area contributed by atoms with Gasteiger partial charge in [0, 0.05) is 24.4 Å². The number of anilines is 1. The number of para-hydroxylation sites is 1. The molecule has 5 heterocycles. The number of likely N-dealkylation sites (N-methyl/N-ethyl adjacent to an activating group) is 1. The molecule has 0 N–H and O–H groups in total. The second-order valence-electron chi connectivity index (χ2n) is 9.67. The highest BCUT2D eigenvalue weighted by Crippen LogP contribution is 2.67. The summed E-state index contributed by atoms with van der Waals surface area (Å²) in [6, 6.07) is 9.76. The van der Waals surface area contributed by atoms with Gasteiger partial charge in [0.2, 0.25) is 5.91 Å². The number of benzene rings is 1. The molecule has 4 fully saturated rings. The molecular weight excluding hydrogens is 324 g/mol. The first kappa shape index (κ1) is 14.4. The van der Waals surface area contributed by atoms with Crippen LogP contribution in [0, 0.1) is 11.8 Å². The molecule has 0 unspecified atom stereocenters. The van der Waals surface area contributed by atoms with Crippen molar-refractivity contribution in [2.75, 3.05) is 31.6 Å². The van der Waals surface area contributed by atoms with Gasteiger partial charge in [-0.2, -0.15) is 0 Å². The standard InChI is InChI=1S/C22H25N2O2/c1-24-8-7-22-15-4-2-3-5-16(15)23-19(25)11-17-20(21(22)23)14(10-18(22)24)13(12-24)6-9-26-17/h2-6,14,17-18,20-21H,7-12H2,1H3/q+1/t14-,17-,18+,20-,21+,22+,24-/m0/s1. The van der Waals surface area contributed by atoms with E-state index in [2.05, 4.69) is 42.3 Å². The zero-order valence-electron chi connectivity index (χ0n) is 15.2. The maximum Gasteiger partial charge on any atom is 0.229 e. The summed E-state index contributed by atoms with van der Waals surface area (Å²) in [5.74, 6) is 1.36. The zero-order chi connectivity index (χ0) is 17.3. The van der Waals surface area contributed by atoms with Gasteiger partial charge in [0.15, 0.2) is 0 Å². The van der Waals surface area contributed by atoms with Gasteiger partial charge in [-0.25, -0.2) is 0 Å². The lowest BCUT2D eigenvalue weighted by atomic mass is 9.53. The number of amides is 1. The van der Waals surface area contributed by atoms with Crippen molar-refractivity contribution in [3.8, 4) is 0 Å². The van der Waals surface area contributed by atoms with Crippen LogP contribution in [0.15, 0.2) is 35.9 Å². The van der Waals surface area contributed by atoms with Gasteiger partial charge >= 0.3 is 0 Å². The van der Waals surface area contributed by atoms with E-state index in [1.165, 1.54) is 37.2 Å². The van der Waals surface area contributed by atoms with Crippen LogP contribution in [-0.2, 0) is 14.9 Å². The maximum absolute atomic E-state index is 13.3. The van der Waals surface area contributed by atoms with Crippen LogP contribution in [0.1, 0.15) is 24.8 Å². The molecule has 5 aliphatic heterocycles. The second-order valence-corrected chi connectivity index (χ2v) is 9.67. The Morgan fingerprint density at radius 3 is 3.12 bits per heavy atom. The van der Waals surface area contributed by atoms with E-state index in [1.54, 1.807) is 5.57 Å². The van der Waals surface area contributed by atoms with Crippen LogP contribution >= 0.6 is 0 Å². The molecule has 1 amide bonds. The Hall–Kier alpha value is -1.65. The third-order valence-corrected chi connectivity index (χ3v) is 8.91. The molecule has 134 valence electrons. The summed E-state index contributed by atoms with van der Waals surface area (Å²) in [7, 11) is 2.47. The van der Waals surface area contributed by atoms with Crippen molar-refractivity contribution in [2.24, 2.45) is 11.8 Å². The van der Waals surface area contributed by atoms with Crippen molar-refractivity contribution in [1.82, 2.24) is 0 Å². The van der Waals surface area contributed by atoms with E-state index in [1.807, 2.05) is 0 Å². The van der Waals surface area contributed by atoms with Crippen molar-refractivity contribution in [3.63, 3.8) is 0 Å². The molecule has 1 aliphatic carbocycles. The lowest BCUT2D eigenvalue weighted by Crippen LogP contribution is -2.72. The molecule has 4 heteroatoms. The molecule has 0 radical (unpaired) electrons. The summed E-state index contributed by atoms with van der Waals surface area (Å²) >= 11 is 0. The molecule has 7 rings (SSSR count). The van der Waals surface area contributed by atoms with Crippen LogP contribution in [0.2, 0.25) is 0 Å². The summed E-state index contributed by atoms with van der Waals surface area (Å²) < 4.78 is 7.45. The topological polar surface area (TPSA) is 29.5 Å². The average Bonchev–Trinajstić information content (AvgIpc) is 3.05. The second kappa shape index (κ2) is 4.26. The number of carbonyl (C=O) groups excluding carboxylic acids is 1. The molecule has 26 heavy (non-hydrogen) atoms. The molecule has 7 atom stereocenters. The number of ether oxygens (including phenoxy) is 1. The van der Waals surface area contributed by atoms with Crippen LogP contribution in [0.3, 0.4) is 0 Å². The SMILES string of the molecule is C[N@+]12CC[C@@]34c5ccccc5N5C(=O)C[C@@H]6OCC=C(C1)[C@H](C[C@H]32)[C@@H]6[C@@H]54. The molecule has 4 nitrogen and oxygen atoms in total. The quantitative estimate of drug-likeness (QED) is 0.531. The first-order chi connectivity index (χ1) is 12.6. The normalized spacial score (nSPS) is 49.6. The number of nitrogens with zero attached hydrogens (tertiary/aromatic N) is 2. The summed E-state index contributed by atoms with van der Waals surface area (Å²) in [5.41, 5.74) is 4.43. The van der Waals surface area contributed by atoms with Crippen molar-refractivity contribution in [3.05, 3.63) is 41.5 Å². The predicted octanol–water partition coefficient (Wildman–Crippen LogP) is 2.24. The van der Waals surface area contributed by atoms with Crippen LogP contribution in [0.25, 0.3) is 0 Å². The van der Waals surface area contributed by atoms with Gasteiger partial charge in [0.25, 0.3) is 0 Å². The number of carbonyl (C=O) groups is 1. The molecule has 6 aliphatic rings. The third-order valence-electron chi connectivity index (χ3n) is 8.91. The Labute approximate surface area is 154 Å². The van der Waals surface area contributed by atoms with Crippen molar-refractivity contribution in [2.45, 2.75) is 42.9 Å².